The van der Waals surface area contributed by atoms with Crippen LogP contribution in [0.1, 0.15) is 31.9 Å². The fraction of sp³-hybridized carbons (Fsp3) is 0.600. The van der Waals surface area contributed by atoms with Crippen LogP contribution in [0, 0.1) is 11.7 Å². The molecule has 1 fully saturated rings. The summed E-state index contributed by atoms with van der Waals surface area (Å²) in [5.74, 6) is 0.361. The van der Waals surface area contributed by atoms with Crippen molar-refractivity contribution in [1.82, 2.24) is 10.2 Å². The van der Waals surface area contributed by atoms with Crippen LogP contribution >= 0.6 is 40.7 Å². The monoisotopic (exact) mass is 400 g/mol. The summed E-state index contributed by atoms with van der Waals surface area (Å²) in [6.45, 7) is 8.57. The van der Waals surface area contributed by atoms with Crippen molar-refractivity contribution in [1.29, 1.82) is 0 Å². The Morgan fingerprint density at radius 2 is 1.90 bits per heavy atom. The highest BCUT2D eigenvalue weighted by Crippen LogP contribution is 2.32. The first-order valence-electron chi connectivity index (χ1n) is 7.03. The predicted octanol–water partition coefficient (Wildman–Crippen LogP) is 4.42. The average Bonchev–Trinajstić information content (AvgIpc) is 2.44. The summed E-state index contributed by atoms with van der Waals surface area (Å²) in [5.41, 5.74) is 1.09. The van der Waals surface area contributed by atoms with E-state index in [0.29, 0.717) is 16.4 Å². The van der Waals surface area contributed by atoms with Crippen LogP contribution in [0.5, 0.6) is 0 Å². The summed E-state index contributed by atoms with van der Waals surface area (Å²) < 4.78 is 14.3. The Labute approximate surface area is 147 Å². The van der Waals surface area contributed by atoms with Gasteiger partial charge in [0.2, 0.25) is 0 Å². The number of hydrogen-bond acceptors (Lipinski definition) is 2. The molecule has 0 aromatic heterocycles. The maximum Gasteiger partial charge on any atom is 0.137 e. The van der Waals surface area contributed by atoms with Gasteiger partial charge in [0.15, 0.2) is 0 Å². The zero-order chi connectivity index (χ0) is 13.8. The first-order chi connectivity index (χ1) is 9.13. The van der Waals surface area contributed by atoms with Gasteiger partial charge >= 0.3 is 0 Å². The maximum atomic E-state index is 13.8. The zero-order valence-electron chi connectivity index (χ0n) is 12.4. The van der Waals surface area contributed by atoms with Gasteiger partial charge in [-0.3, -0.25) is 4.90 Å². The molecule has 122 valence electrons. The minimum absolute atomic E-state index is 0. The predicted molar refractivity (Wildman–Crippen MR) is 95.2 cm³/mol. The van der Waals surface area contributed by atoms with Crippen LogP contribution in [0.4, 0.5) is 4.39 Å². The third-order valence-corrected chi connectivity index (χ3v) is 4.66. The second-order valence-electron chi connectivity index (χ2n) is 5.29. The van der Waals surface area contributed by atoms with Crippen molar-refractivity contribution in [2.24, 2.45) is 5.92 Å². The van der Waals surface area contributed by atoms with Crippen LogP contribution in [0.3, 0.4) is 0 Å². The van der Waals surface area contributed by atoms with Gasteiger partial charge in [0.1, 0.15) is 5.82 Å². The lowest BCUT2D eigenvalue weighted by molar-refractivity contribution is 0.128. The van der Waals surface area contributed by atoms with Crippen LogP contribution in [0.25, 0.3) is 0 Å². The Balaban J connectivity index is 0.00000200. The van der Waals surface area contributed by atoms with E-state index in [9.17, 15) is 4.39 Å². The average molecular weight is 402 g/mol. The number of benzene rings is 1. The smallest absolute Gasteiger partial charge is 0.137 e. The first kappa shape index (κ1) is 21.1. The van der Waals surface area contributed by atoms with Crippen LogP contribution in [-0.4, -0.2) is 31.1 Å². The molecule has 2 atom stereocenters. The van der Waals surface area contributed by atoms with E-state index in [1.54, 1.807) is 6.07 Å². The van der Waals surface area contributed by atoms with E-state index in [1.165, 1.54) is 0 Å². The molecule has 1 aliphatic rings. The normalized spacial score (nSPS) is 18.3. The van der Waals surface area contributed by atoms with Crippen molar-refractivity contribution in [2.45, 2.75) is 26.3 Å². The van der Waals surface area contributed by atoms with Gasteiger partial charge in [-0.05, 0) is 39.5 Å². The van der Waals surface area contributed by atoms with Gasteiger partial charge in [-0.2, -0.15) is 0 Å². The molecule has 1 unspecified atom stereocenters. The molecular weight excluding hydrogens is 378 g/mol. The van der Waals surface area contributed by atoms with Crippen LogP contribution in [0.2, 0.25) is 0 Å². The van der Waals surface area contributed by atoms with Gasteiger partial charge < -0.3 is 5.32 Å². The lowest BCUT2D eigenvalue weighted by Gasteiger charge is -2.38. The molecule has 1 N–H and O–H groups in total. The minimum atomic E-state index is -0.166. The third kappa shape index (κ3) is 5.36. The second-order valence-corrected chi connectivity index (χ2v) is 6.14. The molecule has 0 amide bonds. The fourth-order valence-electron chi connectivity index (χ4n) is 2.78. The number of piperazine rings is 1. The van der Waals surface area contributed by atoms with E-state index < -0.39 is 0 Å². The van der Waals surface area contributed by atoms with Crippen molar-refractivity contribution >= 4 is 40.7 Å². The number of rotatable bonds is 4. The van der Waals surface area contributed by atoms with Crippen LogP contribution < -0.4 is 5.32 Å². The number of nitrogens with zero attached hydrogens (tertiary/aromatic N) is 1. The van der Waals surface area contributed by atoms with Gasteiger partial charge in [-0.25, -0.2) is 4.39 Å². The molecule has 6 heteroatoms. The first-order valence-corrected chi connectivity index (χ1v) is 7.82. The summed E-state index contributed by atoms with van der Waals surface area (Å²) in [5, 5.41) is 3.38. The molecule has 2 rings (SSSR count). The Kier molecular flexibility index (Phi) is 10.1. The van der Waals surface area contributed by atoms with Crippen LogP contribution in [-0.2, 0) is 0 Å². The Hall–Kier alpha value is 0.130. The summed E-state index contributed by atoms with van der Waals surface area (Å²) >= 11 is 3.23. The topological polar surface area (TPSA) is 15.3 Å². The van der Waals surface area contributed by atoms with Gasteiger partial charge in [-0.1, -0.05) is 26.3 Å². The SMILES string of the molecule is CCC(C)[C@@H](c1ccc(Br)c(F)c1)N1CCNCC1.Cl.Cl. The standard InChI is InChI=1S/C15H22BrFN2.2ClH/c1-3-11(2)15(19-8-6-18-7-9-19)12-4-5-13(16)14(17)10-12;;/h4-5,10-11,15,18H,3,6-9H2,1-2H3;2*1H/t11?,15-;;/m0../s1. The molecule has 0 spiro atoms. The lowest BCUT2D eigenvalue weighted by atomic mass is 9.90. The van der Waals surface area contributed by atoms with E-state index >= 15 is 0 Å². The molecule has 2 nitrogen and oxygen atoms in total. The van der Waals surface area contributed by atoms with E-state index in [4.69, 9.17) is 0 Å². The zero-order valence-corrected chi connectivity index (χ0v) is 15.7. The van der Waals surface area contributed by atoms with Gasteiger partial charge in [0.05, 0.1) is 4.47 Å². The summed E-state index contributed by atoms with van der Waals surface area (Å²) in [6.07, 6.45) is 1.10. The van der Waals surface area contributed by atoms with Gasteiger partial charge in [0, 0.05) is 32.2 Å². The molecule has 0 radical (unpaired) electrons. The highest BCUT2D eigenvalue weighted by molar-refractivity contribution is 9.10. The molecule has 1 saturated heterocycles. The molecule has 1 aromatic rings. The highest BCUT2D eigenvalue weighted by Gasteiger charge is 2.26. The van der Waals surface area contributed by atoms with Crippen molar-refractivity contribution in [3.05, 3.63) is 34.1 Å². The minimum Gasteiger partial charge on any atom is -0.314 e. The van der Waals surface area contributed by atoms with E-state index in [0.717, 1.165) is 38.2 Å². The number of halogens is 4. The van der Waals surface area contributed by atoms with Crippen molar-refractivity contribution in [2.75, 3.05) is 26.2 Å². The largest absolute Gasteiger partial charge is 0.314 e. The Bertz CT molecular complexity index is 428. The molecule has 1 aromatic carbocycles. The molecule has 21 heavy (non-hydrogen) atoms. The molecule has 1 heterocycles. The van der Waals surface area contributed by atoms with Crippen molar-refractivity contribution in [3.63, 3.8) is 0 Å². The lowest BCUT2D eigenvalue weighted by Crippen LogP contribution is -2.46. The van der Waals surface area contributed by atoms with Crippen molar-refractivity contribution < 1.29 is 4.39 Å². The second kappa shape index (κ2) is 10.0. The van der Waals surface area contributed by atoms with E-state index in [1.807, 2.05) is 12.1 Å². The summed E-state index contributed by atoms with van der Waals surface area (Å²) in [7, 11) is 0. The van der Waals surface area contributed by atoms with Gasteiger partial charge in [-0.15, -0.1) is 24.8 Å². The molecule has 0 saturated carbocycles. The highest BCUT2D eigenvalue weighted by atomic mass is 79.9. The third-order valence-electron chi connectivity index (χ3n) is 4.01. The Morgan fingerprint density at radius 3 is 2.43 bits per heavy atom. The molecule has 1 aliphatic heterocycles. The van der Waals surface area contributed by atoms with Crippen LogP contribution in [0.15, 0.2) is 22.7 Å². The van der Waals surface area contributed by atoms with Gasteiger partial charge in [0.25, 0.3) is 0 Å². The van der Waals surface area contributed by atoms with Crippen molar-refractivity contribution in [3.8, 4) is 0 Å². The molecular formula is C15H24BrCl2FN2. The number of hydrogen-bond donors (Lipinski definition) is 1. The fourth-order valence-corrected chi connectivity index (χ4v) is 3.03. The maximum absolute atomic E-state index is 13.8. The van der Waals surface area contributed by atoms with E-state index in [-0.39, 0.29) is 30.6 Å². The molecule has 0 bridgehead atoms. The Morgan fingerprint density at radius 1 is 1.29 bits per heavy atom. The summed E-state index contributed by atoms with van der Waals surface area (Å²) in [6, 6.07) is 5.87. The quantitative estimate of drug-likeness (QED) is 0.802. The molecule has 0 aliphatic carbocycles. The van der Waals surface area contributed by atoms with E-state index in [2.05, 4.69) is 40.0 Å². The summed E-state index contributed by atoms with van der Waals surface area (Å²) in [4.78, 5) is 2.48. The number of nitrogens with one attached hydrogen (secondary N) is 1.